The summed E-state index contributed by atoms with van der Waals surface area (Å²) in [6, 6.07) is 4.10. The van der Waals surface area contributed by atoms with Gasteiger partial charge in [-0.25, -0.2) is 8.42 Å². The van der Waals surface area contributed by atoms with Crippen LogP contribution in [0.5, 0.6) is 0 Å². The number of hydrogen-bond acceptors (Lipinski definition) is 4. The molecule has 0 radical (unpaired) electrons. The fourth-order valence-corrected chi connectivity index (χ4v) is 6.83. The molecule has 2 aromatic rings. The maximum absolute atomic E-state index is 13.1. The van der Waals surface area contributed by atoms with Gasteiger partial charge in [-0.3, -0.25) is 4.90 Å². The van der Waals surface area contributed by atoms with Crippen molar-refractivity contribution in [1.29, 1.82) is 0 Å². The molecule has 1 saturated heterocycles. The number of aliphatic hydroxyl groups is 1. The number of sulfone groups is 1. The van der Waals surface area contributed by atoms with Crippen LogP contribution in [0.25, 0.3) is 0 Å². The van der Waals surface area contributed by atoms with Crippen molar-refractivity contribution in [2.75, 3.05) is 25.4 Å². The first-order valence-electron chi connectivity index (χ1n) is 12.1. The Morgan fingerprint density at radius 1 is 0.848 bits per heavy atom. The lowest BCUT2D eigenvalue weighted by molar-refractivity contribution is 0.0244. The number of rotatable bonds is 6. The largest absolute Gasteiger partial charge is 0.391 e. The first kappa shape index (κ1) is 25.9. The summed E-state index contributed by atoms with van der Waals surface area (Å²) >= 11 is 0. The number of hydrogen-bond donors (Lipinski definition) is 1. The summed E-state index contributed by atoms with van der Waals surface area (Å²) in [6.45, 7) is 18.4. The summed E-state index contributed by atoms with van der Waals surface area (Å²) in [7, 11) is -3.37. The molecule has 1 aliphatic heterocycles. The number of likely N-dealkylation sites (tertiary alicyclic amines) is 1. The third-order valence-electron chi connectivity index (χ3n) is 8.32. The summed E-state index contributed by atoms with van der Waals surface area (Å²) in [6.07, 6.45) is 1.32. The Balaban J connectivity index is 1.65. The zero-order valence-electron chi connectivity index (χ0n) is 21.7. The Morgan fingerprint density at radius 2 is 1.42 bits per heavy atom. The van der Waals surface area contributed by atoms with E-state index in [-0.39, 0.29) is 11.7 Å². The van der Waals surface area contributed by atoms with Gasteiger partial charge in [-0.05, 0) is 137 Å². The molecule has 2 atom stereocenters. The summed E-state index contributed by atoms with van der Waals surface area (Å²) in [5, 5.41) is 10.9. The Hall–Kier alpha value is -1.69. The maximum Gasteiger partial charge on any atom is 0.179 e. The van der Waals surface area contributed by atoms with E-state index in [0.717, 1.165) is 41.6 Å². The molecule has 3 rings (SSSR count). The Bertz CT molecular complexity index is 1150. The number of piperidine rings is 1. The molecule has 33 heavy (non-hydrogen) atoms. The SMILES string of the molecule is Cc1cc(CC2CCN(CCS(=O)(=O)c3cc(C)c(C)c(C)c3C)CC2O)c(C)c(C)c1C. The van der Waals surface area contributed by atoms with E-state index in [9.17, 15) is 13.5 Å². The Morgan fingerprint density at radius 3 is 2.03 bits per heavy atom. The Kier molecular flexibility index (Phi) is 7.77. The smallest absolute Gasteiger partial charge is 0.179 e. The lowest BCUT2D eigenvalue weighted by Crippen LogP contribution is -2.46. The van der Waals surface area contributed by atoms with Crippen molar-refractivity contribution in [3.05, 3.63) is 62.2 Å². The first-order valence-corrected chi connectivity index (χ1v) is 13.8. The quantitative estimate of drug-likeness (QED) is 0.654. The zero-order valence-corrected chi connectivity index (χ0v) is 22.5. The second-order valence-electron chi connectivity index (χ2n) is 10.2. The average Bonchev–Trinajstić information content (AvgIpc) is 2.77. The van der Waals surface area contributed by atoms with Gasteiger partial charge in [0, 0.05) is 13.1 Å². The van der Waals surface area contributed by atoms with Crippen LogP contribution in [0.2, 0.25) is 0 Å². The number of β-amino-alcohol motifs (C(OH)–C–C–N with tert-alkyl or cyclic N) is 1. The highest BCUT2D eigenvalue weighted by molar-refractivity contribution is 7.91. The van der Waals surface area contributed by atoms with Crippen LogP contribution < -0.4 is 0 Å². The monoisotopic (exact) mass is 471 g/mol. The molecule has 5 heteroatoms. The maximum atomic E-state index is 13.1. The summed E-state index contributed by atoms with van der Waals surface area (Å²) < 4.78 is 26.3. The molecule has 0 aromatic heterocycles. The number of aryl methyl sites for hydroxylation is 2. The van der Waals surface area contributed by atoms with Gasteiger partial charge in [0.25, 0.3) is 0 Å². The van der Waals surface area contributed by atoms with Crippen LogP contribution in [0.1, 0.15) is 56.5 Å². The lowest BCUT2D eigenvalue weighted by atomic mass is 9.84. The van der Waals surface area contributed by atoms with Gasteiger partial charge in [-0.1, -0.05) is 6.07 Å². The molecule has 1 N–H and O–H groups in total. The second kappa shape index (κ2) is 9.89. The summed E-state index contributed by atoms with van der Waals surface area (Å²) in [5.41, 5.74) is 10.8. The highest BCUT2D eigenvalue weighted by Crippen LogP contribution is 2.29. The van der Waals surface area contributed by atoms with Crippen molar-refractivity contribution in [2.24, 2.45) is 5.92 Å². The van der Waals surface area contributed by atoms with Gasteiger partial charge in [-0.2, -0.15) is 0 Å². The van der Waals surface area contributed by atoms with E-state index in [4.69, 9.17) is 0 Å². The minimum atomic E-state index is -3.37. The Labute approximate surface area is 201 Å². The van der Waals surface area contributed by atoms with E-state index >= 15 is 0 Å². The van der Waals surface area contributed by atoms with Crippen LogP contribution >= 0.6 is 0 Å². The molecule has 0 bridgehead atoms. The molecule has 2 aromatic carbocycles. The van der Waals surface area contributed by atoms with Crippen LogP contribution in [0, 0.1) is 61.3 Å². The molecule has 1 aliphatic rings. The summed E-state index contributed by atoms with van der Waals surface area (Å²) in [5.74, 6) is 0.297. The topological polar surface area (TPSA) is 57.6 Å². The van der Waals surface area contributed by atoms with E-state index in [1.807, 2.05) is 33.8 Å². The molecule has 0 amide bonds. The van der Waals surface area contributed by atoms with Crippen molar-refractivity contribution < 1.29 is 13.5 Å². The third kappa shape index (κ3) is 5.36. The minimum absolute atomic E-state index is 0.0859. The molecule has 0 saturated carbocycles. The van der Waals surface area contributed by atoms with Crippen molar-refractivity contribution in [1.82, 2.24) is 4.90 Å². The second-order valence-corrected chi connectivity index (χ2v) is 12.3. The van der Waals surface area contributed by atoms with Crippen LogP contribution in [-0.2, 0) is 16.3 Å². The van der Waals surface area contributed by atoms with Gasteiger partial charge in [0.2, 0.25) is 0 Å². The normalized spacial score (nSPS) is 19.8. The van der Waals surface area contributed by atoms with E-state index in [1.54, 1.807) is 0 Å². The third-order valence-corrected chi connectivity index (χ3v) is 10.1. The van der Waals surface area contributed by atoms with Gasteiger partial charge in [-0.15, -0.1) is 0 Å². The summed E-state index contributed by atoms with van der Waals surface area (Å²) in [4.78, 5) is 2.57. The lowest BCUT2D eigenvalue weighted by Gasteiger charge is -2.36. The predicted molar refractivity (Wildman–Crippen MR) is 137 cm³/mol. The van der Waals surface area contributed by atoms with E-state index in [0.29, 0.717) is 18.0 Å². The molecule has 0 aliphatic carbocycles. The molecule has 2 unspecified atom stereocenters. The van der Waals surface area contributed by atoms with Gasteiger partial charge in [0.05, 0.1) is 16.8 Å². The molecule has 1 fully saturated rings. The molecular formula is C28H41NO3S. The van der Waals surface area contributed by atoms with Crippen LogP contribution in [-0.4, -0.2) is 49.9 Å². The van der Waals surface area contributed by atoms with E-state index in [2.05, 4.69) is 38.7 Å². The van der Waals surface area contributed by atoms with Gasteiger partial charge in [0.1, 0.15) is 0 Å². The standard InChI is InChI=1S/C28H41NO3S/c1-17-13-26(23(7)21(5)19(17)3)15-25-9-10-29(16-27(25)30)11-12-33(31,32)28-14-18(2)20(4)22(6)24(28)8/h13-14,25,27,30H,9-12,15-16H2,1-8H3. The average molecular weight is 472 g/mol. The molecule has 1 heterocycles. The van der Waals surface area contributed by atoms with Gasteiger partial charge >= 0.3 is 0 Å². The molecule has 4 nitrogen and oxygen atoms in total. The van der Waals surface area contributed by atoms with Crippen LogP contribution in [0.15, 0.2) is 17.0 Å². The fraction of sp³-hybridized carbons (Fsp3) is 0.571. The van der Waals surface area contributed by atoms with Crippen molar-refractivity contribution in [3.8, 4) is 0 Å². The zero-order chi connectivity index (χ0) is 24.7. The number of benzene rings is 2. The van der Waals surface area contributed by atoms with Gasteiger partial charge in [0.15, 0.2) is 9.84 Å². The molecule has 182 valence electrons. The number of nitrogens with zero attached hydrogens (tertiary/aromatic N) is 1. The number of aliphatic hydroxyl groups excluding tert-OH is 1. The van der Waals surface area contributed by atoms with Crippen molar-refractivity contribution in [2.45, 2.75) is 79.2 Å². The van der Waals surface area contributed by atoms with E-state index < -0.39 is 15.9 Å². The minimum Gasteiger partial charge on any atom is -0.391 e. The highest BCUT2D eigenvalue weighted by Gasteiger charge is 2.30. The highest BCUT2D eigenvalue weighted by atomic mass is 32.2. The molecular weight excluding hydrogens is 430 g/mol. The first-order chi connectivity index (χ1) is 15.3. The van der Waals surface area contributed by atoms with E-state index in [1.165, 1.54) is 27.8 Å². The van der Waals surface area contributed by atoms with Crippen molar-refractivity contribution >= 4 is 9.84 Å². The van der Waals surface area contributed by atoms with Crippen LogP contribution in [0.3, 0.4) is 0 Å². The van der Waals surface area contributed by atoms with Crippen LogP contribution in [0.4, 0.5) is 0 Å². The van der Waals surface area contributed by atoms with Gasteiger partial charge < -0.3 is 5.11 Å². The molecule has 0 spiro atoms. The van der Waals surface area contributed by atoms with Crippen molar-refractivity contribution in [3.63, 3.8) is 0 Å². The predicted octanol–water partition coefficient (Wildman–Crippen LogP) is 4.85. The fourth-order valence-electron chi connectivity index (χ4n) is 5.13.